The molecular formula is C23H21N5O6. The molecule has 0 radical (unpaired) electrons. The maximum Gasteiger partial charge on any atom is 0.278 e. The Bertz CT molecular complexity index is 1290. The number of methoxy groups -OCH3 is 1. The van der Waals surface area contributed by atoms with Gasteiger partial charge in [0.2, 0.25) is 5.88 Å². The van der Waals surface area contributed by atoms with Crippen molar-refractivity contribution in [3.63, 3.8) is 0 Å². The van der Waals surface area contributed by atoms with E-state index in [0.29, 0.717) is 28.3 Å². The van der Waals surface area contributed by atoms with Crippen molar-refractivity contribution in [3.05, 3.63) is 74.7 Å². The van der Waals surface area contributed by atoms with E-state index in [2.05, 4.69) is 15.5 Å². The molecule has 0 aliphatic carbocycles. The molecule has 0 bridgehead atoms. The number of nitro groups is 1. The van der Waals surface area contributed by atoms with Crippen molar-refractivity contribution < 1.29 is 23.6 Å². The van der Waals surface area contributed by atoms with Gasteiger partial charge in [0.15, 0.2) is 6.61 Å². The summed E-state index contributed by atoms with van der Waals surface area (Å²) in [4.78, 5) is 26.8. The molecule has 2 aromatic heterocycles. The third-order valence-electron chi connectivity index (χ3n) is 4.65. The van der Waals surface area contributed by atoms with Gasteiger partial charge in [-0.1, -0.05) is 6.07 Å². The first-order valence-electron chi connectivity index (χ1n) is 10.0. The minimum Gasteiger partial charge on any atom is -0.467 e. The quantitative estimate of drug-likeness (QED) is 0.288. The number of hydrogen-bond donors (Lipinski definition) is 1. The minimum atomic E-state index is -0.571. The summed E-state index contributed by atoms with van der Waals surface area (Å²) in [5.41, 5.74) is 5.07. The summed E-state index contributed by atoms with van der Waals surface area (Å²) in [6.07, 6.45) is 1.29. The highest BCUT2D eigenvalue weighted by Gasteiger charge is 2.15. The molecule has 0 unspecified atom stereocenters. The number of amides is 1. The number of nitro benzene ring substituents is 1. The van der Waals surface area contributed by atoms with E-state index in [1.54, 1.807) is 31.2 Å². The molecule has 2 heterocycles. The van der Waals surface area contributed by atoms with Gasteiger partial charge in [0.05, 0.1) is 17.7 Å². The molecular weight excluding hydrogens is 442 g/mol. The van der Waals surface area contributed by atoms with Crippen molar-refractivity contribution in [2.75, 3.05) is 13.7 Å². The first-order valence-corrected chi connectivity index (χ1v) is 10.0. The second-order valence-electron chi connectivity index (χ2n) is 7.19. The van der Waals surface area contributed by atoms with Crippen LogP contribution in [0.15, 0.2) is 45.9 Å². The lowest BCUT2D eigenvalue weighted by molar-refractivity contribution is -0.384. The molecule has 0 saturated heterocycles. The van der Waals surface area contributed by atoms with Gasteiger partial charge in [-0.25, -0.2) is 10.4 Å². The number of aromatic nitrogens is 1. The number of hydrazone groups is 1. The number of nitrogens with zero attached hydrogens (tertiary/aromatic N) is 4. The van der Waals surface area contributed by atoms with E-state index in [1.807, 2.05) is 13.0 Å². The molecule has 11 heteroatoms. The van der Waals surface area contributed by atoms with Gasteiger partial charge in [-0.05, 0) is 37.6 Å². The number of nitriles is 1. The molecule has 0 aliphatic rings. The Morgan fingerprint density at radius 3 is 2.82 bits per heavy atom. The molecule has 0 spiro atoms. The van der Waals surface area contributed by atoms with Crippen molar-refractivity contribution in [1.82, 2.24) is 10.4 Å². The Morgan fingerprint density at radius 1 is 1.32 bits per heavy atom. The topological polar surface area (TPSA) is 153 Å². The van der Waals surface area contributed by atoms with E-state index in [9.17, 15) is 20.2 Å². The first-order chi connectivity index (χ1) is 16.3. The Labute approximate surface area is 194 Å². The van der Waals surface area contributed by atoms with Gasteiger partial charge in [-0.2, -0.15) is 10.4 Å². The highest BCUT2D eigenvalue weighted by molar-refractivity contribution is 5.82. The van der Waals surface area contributed by atoms with Crippen LogP contribution in [0.3, 0.4) is 0 Å². The molecule has 0 atom stereocenters. The fourth-order valence-corrected chi connectivity index (χ4v) is 3.09. The number of benzene rings is 1. The van der Waals surface area contributed by atoms with Gasteiger partial charge in [0.25, 0.3) is 11.6 Å². The lowest BCUT2D eigenvalue weighted by Gasteiger charge is -2.10. The largest absolute Gasteiger partial charge is 0.467 e. The molecule has 174 valence electrons. The van der Waals surface area contributed by atoms with Crippen molar-refractivity contribution >= 4 is 17.8 Å². The number of ether oxygens (including phenoxy) is 2. The summed E-state index contributed by atoms with van der Waals surface area (Å²) in [5.74, 6) is 0.229. The Morgan fingerprint density at radius 2 is 2.12 bits per heavy atom. The molecule has 1 aromatic carbocycles. The lowest BCUT2D eigenvalue weighted by Crippen LogP contribution is -2.25. The highest BCUT2D eigenvalue weighted by atomic mass is 16.6. The maximum atomic E-state index is 12.1. The van der Waals surface area contributed by atoms with Gasteiger partial charge in [-0.3, -0.25) is 14.9 Å². The van der Waals surface area contributed by atoms with Crippen LogP contribution in [0.5, 0.6) is 5.88 Å². The molecule has 3 aromatic rings. The van der Waals surface area contributed by atoms with Crippen LogP contribution in [0, 0.1) is 35.3 Å². The van der Waals surface area contributed by atoms with Crippen LogP contribution >= 0.6 is 0 Å². The van der Waals surface area contributed by atoms with Gasteiger partial charge in [-0.15, -0.1) is 0 Å². The average molecular weight is 463 g/mol. The van der Waals surface area contributed by atoms with Crippen LogP contribution in [-0.2, 0) is 16.1 Å². The number of carbonyl (C=O) groups excluding carboxylic acids is 1. The van der Waals surface area contributed by atoms with Crippen molar-refractivity contribution in [1.29, 1.82) is 5.26 Å². The van der Waals surface area contributed by atoms with Gasteiger partial charge in [0, 0.05) is 36.1 Å². The van der Waals surface area contributed by atoms with E-state index < -0.39 is 17.4 Å². The molecule has 3 rings (SSSR count). The number of pyridine rings is 1. The van der Waals surface area contributed by atoms with Crippen LogP contribution < -0.4 is 10.2 Å². The number of rotatable bonds is 9. The first kappa shape index (κ1) is 24.1. The van der Waals surface area contributed by atoms with Gasteiger partial charge in [0.1, 0.15) is 23.2 Å². The zero-order valence-electron chi connectivity index (χ0n) is 18.7. The molecule has 0 aliphatic heterocycles. The second-order valence-corrected chi connectivity index (χ2v) is 7.19. The summed E-state index contributed by atoms with van der Waals surface area (Å²) in [7, 11) is 1.51. The van der Waals surface area contributed by atoms with Crippen LogP contribution in [0.4, 0.5) is 5.69 Å². The van der Waals surface area contributed by atoms with Crippen LogP contribution in [0.1, 0.15) is 28.1 Å². The van der Waals surface area contributed by atoms with Crippen LogP contribution in [-0.4, -0.2) is 35.7 Å². The van der Waals surface area contributed by atoms with Crippen molar-refractivity contribution in [2.24, 2.45) is 5.10 Å². The predicted octanol–water partition coefficient (Wildman–Crippen LogP) is 3.41. The van der Waals surface area contributed by atoms with Crippen LogP contribution in [0.25, 0.3) is 11.3 Å². The number of hydrogen-bond acceptors (Lipinski definition) is 9. The van der Waals surface area contributed by atoms with Crippen molar-refractivity contribution in [3.8, 4) is 23.3 Å². The number of carbonyl (C=O) groups is 1. The van der Waals surface area contributed by atoms with E-state index in [0.717, 1.165) is 5.56 Å². The molecule has 1 amide bonds. The fourth-order valence-electron chi connectivity index (χ4n) is 3.09. The van der Waals surface area contributed by atoms with Gasteiger partial charge < -0.3 is 13.9 Å². The normalized spacial score (nSPS) is 10.8. The molecule has 0 saturated carbocycles. The maximum absolute atomic E-state index is 12.1. The lowest BCUT2D eigenvalue weighted by atomic mass is 10.1. The standard InChI is InChI=1S/C23H21N5O6/c1-14-4-5-17(28(30)31)9-19(14)21-7-6-18(34-21)11-25-27-22(29)13-33-23-20(10-24)16(12-32-3)8-15(2)26-23/h4-9,11H,12-13H2,1-3H3,(H,27,29). The van der Waals surface area contributed by atoms with E-state index in [1.165, 1.54) is 25.5 Å². The number of non-ortho nitro benzene ring substituents is 1. The van der Waals surface area contributed by atoms with E-state index >= 15 is 0 Å². The Balaban J connectivity index is 1.62. The predicted molar refractivity (Wildman–Crippen MR) is 121 cm³/mol. The summed E-state index contributed by atoms with van der Waals surface area (Å²) < 4.78 is 16.2. The third kappa shape index (κ3) is 5.81. The summed E-state index contributed by atoms with van der Waals surface area (Å²) >= 11 is 0. The summed E-state index contributed by atoms with van der Waals surface area (Å²) in [6, 6.07) is 11.5. The number of furan rings is 1. The number of nitrogens with one attached hydrogen (secondary N) is 1. The number of aryl methyl sites for hydroxylation is 2. The monoisotopic (exact) mass is 463 g/mol. The molecule has 1 N–H and O–H groups in total. The van der Waals surface area contributed by atoms with E-state index in [-0.39, 0.29) is 23.7 Å². The van der Waals surface area contributed by atoms with Crippen molar-refractivity contribution in [2.45, 2.75) is 20.5 Å². The SMILES string of the molecule is COCc1cc(C)nc(OCC(=O)NN=Cc2ccc(-c3cc([N+](=O)[O-])ccc3C)o2)c1C#N. The van der Waals surface area contributed by atoms with Gasteiger partial charge >= 0.3 is 0 Å². The average Bonchev–Trinajstić information content (AvgIpc) is 3.26. The molecule has 11 nitrogen and oxygen atoms in total. The Hall–Kier alpha value is -4.56. The fraction of sp³-hybridized carbons (Fsp3) is 0.217. The minimum absolute atomic E-state index is 0.0386. The third-order valence-corrected chi connectivity index (χ3v) is 4.65. The Kier molecular flexibility index (Phi) is 7.68. The van der Waals surface area contributed by atoms with Crippen LogP contribution in [0.2, 0.25) is 0 Å². The van der Waals surface area contributed by atoms with E-state index in [4.69, 9.17) is 13.9 Å². The zero-order valence-corrected chi connectivity index (χ0v) is 18.7. The zero-order chi connectivity index (χ0) is 24.7. The summed E-state index contributed by atoms with van der Waals surface area (Å²) in [6.45, 7) is 3.35. The summed E-state index contributed by atoms with van der Waals surface area (Å²) in [5, 5.41) is 24.3. The molecule has 0 fully saturated rings. The molecule has 34 heavy (non-hydrogen) atoms. The smallest absolute Gasteiger partial charge is 0.278 e. The second kappa shape index (κ2) is 10.8. The highest BCUT2D eigenvalue weighted by Crippen LogP contribution is 2.28.